The molecule has 1 heterocycles. The van der Waals surface area contributed by atoms with Crippen LogP contribution in [0.4, 0.5) is 0 Å². The van der Waals surface area contributed by atoms with Crippen molar-refractivity contribution in [1.82, 2.24) is 10.2 Å². The highest BCUT2D eigenvalue weighted by molar-refractivity contribution is 5.78. The van der Waals surface area contributed by atoms with Crippen molar-refractivity contribution in [2.24, 2.45) is 5.92 Å². The van der Waals surface area contributed by atoms with E-state index in [0.717, 1.165) is 6.42 Å². The van der Waals surface area contributed by atoms with Crippen molar-refractivity contribution in [3.05, 3.63) is 0 Å². The summed E-state index contributed by atoms with van der Waals surface area (Å²) in [7, 11) is 0. The Hall–Kier alpha value is -0.610. The lowest BCUT2D eigenvalue weighted by Crippen LogP contribution is -2.66. The average molecular weight is 242 g/mol. The second kappa shape index (κ2) is 4.94. The number of β-amino-alcohol motifs (C(OH)–C–C–N with tert-alkyl or cyclic N) is 1. The number of carbonyl (C=O) groups is 1. The summed E-state index contributed by atoms with van der Waals surface area (Å²) in [5, 5.41) is 13.1. The molecular formula is C13H26N2O2. The Labute approximate surface area is 104 Å². The van der Waals surface area contributed by atoms with Crippen molar-refractivity contribution in [2.45, 2.75) is 52.2 Å². The molecule has 0 radical (unpaired) electrons. The SMILES string of the molecule is CCC(C)(C)NC(=O)CN1CC(O)(C(C)C)C1. The van der Waals surface area contributed by atoms with E-state index in [0.29, 0.717) is 19.6 Å². The highest BCUT2D eigenvalue weighted by Crippen LogP contribution is 2.28. The maximum Gasteiger partial charge on any atom is 0.234 e. The van der Waals surface area contributed by atoms with Gasteiger partial charge in [-0.25, -0.2) is 0 Å². The van der Waals surface area contributed by atoms with Crippen LogP contribution in [0.3, 0.4) is 0 Å². The van der Waals surface area contributed by atoms with Gasteiger partial charge >= 0.3 is 0 Å². The van der Waals surface area contributed by atoms with Gasteiger partial charge in [0, 0.05) is 18.6 Å². The third-order valence-corrected chi connectivity index (χ3v) is 3.80. The summed E-state index contributed by atoms with van der Waals surface area (Å²) in [6.07, 6.45) is 0.911. The zero-order chi connectivity index (χ0) is 13.3. The van der Waals surface area contributed by atoms with Crippen LogP contribution in [0.1, 0.15) is 41.0 Å². The molecule has 0 saturated carbocycles. The molecule has 2 N–H and O–H groups in total. The van der Waals surface area contributed by atoms with Crippen molar-refractivity contribution >= 4 is 5.91 Å². The van der Waals surface area contributed by atoms with Crippen LogP contribution in [-0.4, -0.2) is 46.7 Å². The van der Waals surface area contributed by atoms with E-state index in [1.165, 1.54) is 0 Å². The van der Waals surface area contributed by atoms with Crippen molar-refractivity contribution in [3.63, 3.8) is 0 Å². The molecule has 4 nitrogen and oxygen atoms in total. The summed E-state index contributed by atoms with van der Waals surface area (Å²) in [4.78, 5) is 13.8. The Morgan fingerprint density at radius 1 is 1.47 bits per heavy atom. The fourth-order valence-electron chi connectivity index (χ4n) is 1.91. The molecule has 1 saturated heterocycles. The summed E-state index contributed by atoms with van der Waals surface area (Å²) in [6, 6.07) is 0. The first kappa shape index (κ1) is 14.5. The van der Waals surface area contributed by atoms with Crippen LogP contribution in [0.25, 0.3) is 0 Å². The Balaban J connectivity index is 2.32. The third kappa shape index (κ3) is 3.68. The minimum absolute atomic E-state index is 0.0441. The molecule has 4 heteroatoms. The first-order chi connectivity index (χ1) is 7.68. The van der Waals surface area contributed by atoms with Gasteiger partial charge in [0.25, 0.3) is 0 Å². The molecule has 1 aliphatic rings. The quantitative estimate of drug-likeness (QED) is 0.756. The van der Waals surface area contributed by atoms with Gasteiger partial charge in [0.05, 0.1) is 12.1 Å². The van der Waals surface area contributed by atoms with Crippen molar-refractivity contribution < 1.29 is 9.90 Å². The maximum absolute atomic E-state index is 11.8. The molecule has 0 atom stereocenters. The van der Waals surface area contributed by atoms with Crippen LogP contribution >= 0.6 is 0 Å². The monoisotopic (exact) mass is 242 g/mol. The molecule has 17 heavy (non-hydrogen) atoms. The van der Waals surface area contributed by atoms with Gasteiger partial charge in [0.1, 0.15) is 0 Å². The number of nitrogens with zero attached hydrogens (tertiary/aromatic N) is 1. The smallest absolute Gasteiger partial charge is 0.234 e. The zero-order valence-electron chi connectivity index (χ0n) is 11.7. The normalized spacial score (nSPS) is 20.2. The largest absolute Gasteiger partial charge is 0.387 e. The van der Waals surface area contributed by atoms with Crippen LogP contribution in [0, 0.1) is 5.92 Å². The molecule has 1 amide bonds. The highest BCUT2D eigenvalue weighted by atomic mass is 16.3. The summed E-state index contributed by atoms with van der Waals surface area (Å²) in [6.45, 7) is 11.7. The van der Waals surface area contributed by atoms with Gasteiger partial charge < -0.3 is 10.4 Å². The minimum Gasteiger partial charge on any atom is -0.387 e. The molecule has 1 fully saturated rings. The first-order valence-corrected chi connectivity index (χ1v) is 6.44. The van der Waals surface area contributed by atoms with Crippen LogP contribution in [0.15, 0.2) is 0 Å². The van der Waals surface area contributed by atoms with E-state index in [1.54, 1.807) is 0 Å². The second-order valence-electron chi connectivity index (χ2n) is 6.19. The van der Waals surface area contributed by atoms with E-state index in [-0.39, 0.29) is 17.4 Å². The Bertz CT molecular complexity index is 281. The number of amides is 1. The second-order valence-corrected chi connectivity index (χ2v) is 6.19. The predicted octanol–water partition coefficient (Wildman–Crippen LogP) is 0.994. The molecule has 0 aromatic rings. The van der Waals surface area contributed by atoms with Gasteiger partial charge in [-0.2, -0.15) is 0 Å². The number of rotatable bonds is 5. The van der Waals surface area contributed by atoms with Crippen LogP contribution < -0.4 is 5.32 Å². The summed E-state index contributed by atoms with van der Waals surface area (Å²) in [5.41, 5.74) is -0.739. The molecule has 1 rings (SSSR count). The van der Waals surface area contributed by atoms with Crippen molar-refractivity contribution in [2.75, 3.05) is 19.6 Å². The summed E-state index contributed by atoms with van der Waals surface area (Å²) >= 11 is 0. The Morgan fingerprint density at radius 2 is 2.00 bits per heavy atom. The molecule has 0 aromatic carbocycles. The van der Waals surface area contributed by atoms with Gasteiger partial charge in [-0.3, -0.25) is 9.69 Å². The summed E-state index contributed by atoms with van der Waals surface area (Å²) in [5.74, 6) is 0.288. The fraction of sp³-hybridized carbons (Fsp3) is 0.923. The van der Waals surface area contributed by atoms with E-state index in [2.05, 4.69) is 12.2 Å². The number of hydrogen-bond acceptors (Lipinski definition) is 3. The van der Waals surface area contributed by atoms with E-state index < -0.39 is 5.60 Å². The van der Waals surface area contributed by atoms with E-state index >= 15 is 0 Å². The van der Waals surface area contributed by atoms with Crippen LogP contribution in [-0.2, 0) is 4.79 Å². The van der Waals surface area contributed by atoms with Crippen LogP contribution in [0.2, 0.25) is 0 Å². The van der Waals surface area contributed by atoms with Gasteiger partial charge in [-0.15, -0.1) is 0 Å². The molecule has 0 bridgehead atoms. The lowest BCUT2D eigenvalue weighted by atomic mass is 9.83. The van der Waals surface area contributed by atoms with Crippen LogP contribution in [0.5, 0.6) is 0 Å². The molecule has 0 spiro atoms. The number of carbonyl (C=O) groups excluding carboxylic acids is 1. The van der Waals surface area contributed by atoms with E-state index in [1.807, 2.05) is 32.6 Å². The van der Waals surface area contributed by atoms with Gasteiger partial charge in [-0.05, 0) is 26.2 Å². The number of likely N-dealkylation sites (tertiary alicyclic amines) is 1. The summed E-state index contributed by atoms with van der Waals surface area (Å²) < 4.78 is 0. The molecule has 100 valence electrons. The standard InChI is InChI=1S/C13H26N2O2/c1-6-12(4,5)14-11(16)7-15-8-13(17,9-15)10(2)3/h10,17H,6-9H2,1-5H3,(H,14,16). The number of aliphatic hydroxyl groups is 1. The van der Waals surface area contributed by atoms with Crippen molar-refractivity contribution in [1.29, 1.82) is 0 Å². The van der Waals surface area contributed by atoms with E-state index in [4.69, 9.17) is 0 Å². The van der Waals surface area contributed by atoms with Gasteiger partial charge in [0.15, 0.2) is 0 Å². The Kier molecular flexibility index (Phi) is 4.20. The molecule has 0 unspecified atom stereocenters. The first-order valence-electron chi connectivity index (χ1n) is 6.44. The highest BCUT2D eigenvalue weighted by Gasteiger charge is 2.44. The topological polar surface area (TPSA) is 52.6 Å². The lowest BCUT2D eigenvalue weighted by molar-refractivity contribution is -0.143. The molecule has 0 aliphatic carbocycles. The van der Waals surface area contributed by atoms with E-state index in [9.17, 15) is 9.90 Å². The molecular weight excluding hydrogens is 216 g/mol. The third-order valence-electron chi connectivity index (χ3n) is 3.80. The van der Waals surface area contributed by atoms with Gasteiger partial charge in [-0.1, -0.05) is 20.8 Å². The zero-order valence-corrected chi connectivity index (χ0v) is 11.7. The lowest BCUT2D eigenvalue weighted by Gasteiger charge is -2.49. The minimum atomic E-state index is -0.597. The number of nitrogens with one attached hydrogen (secondary N) is 1. The molecule has 0 aromatic heterocycles. The molecule has 1 aliphatic heterocycles. The Morgan fingerprint density at radius 3 is 2.41 bits per heavy atom. The van der Waals surface area contributed by atoms with Gasteiger partial charge in [0.2, 0.25) is 5.91 Å². The number of hydrogen-bond donors (Lipinski definition) is 2. The fourth-order valence-corrected chi connectivity index (χ4v) is 1.91. The maximum atomic E-state index is 11.8. The van der Waals surface area contributed by atoms with Crippen molar-refractivity contribution in [3.8, 4) is 0 Å². The average Bonchev–Trinajstić information content (AvgIpc) is 2.14. The predicted molar refractivity (Wildman–Crippen MR) is 68.7 cm³/mol.